The first-order chi connectivity index (χ1) is 9.94. The van der Waals surface area contributed by atoms with Gasteiger partial charge in [-0.05, 0) is 44.2 Å². The van der Waals surface area contributed by atoms with Crippen LogP contribution in [0.15, 0.2) is 12.1 Å². The van der Waals surface area contributed by atoms with Gasteiger partial charge in [-0.25, -0.2) is 0 Å². The molecule has 0 radical (unpaired) electrons. The Labute approximate surface area is 141 Å². The predicted octanol–water partition coefficient (Wildman–Crippen LogP) is 5.00. The van der Waals surface area contributed by atoms with E-state index in [1.165, 1.54) is 12.8 Å². The minimum Gasteiger partial charge on any atom is -0.364 e. The molecule has 2 fully saturated rings. The number of hydrogen-bond donors (Lipinski definition) is 1. The van der Waals surface area contributed by atoms with Gasteiger partial charge >= 0.3 is 0 Å². The van der Waals surface area contributed by atoms with Gasteiger partial charge in [-0.15, -0.1) is 0 Å². The van der Waals surface area contributed by atoms with E-state index in [9.17, 15) is 0 Å². The van der Waals surface area contributed by atoms with Gasteiger partial charge in [0.1, 0.15) is 0 Å². The lowest BCUT2D eigenvalue weighted by atomic mass is 9.90. The van der Waals surface area contributed by atoms with Crippen molar-refractivity contribution in [2.45, 2.75) is 44.7 Å². The fraction of sp³-hybridized carbons (Fsp3) is 0.625. The van der Waals surface area contributed by atoms with Crippen LogP contribution in [0, 0.1) is 5.92 Å². The quantitative estimate of drug-likeness (QED) is 0.774. The smallest absolute Gasteiger partial charge is 0.0655 e. The van der Waals surface area contributed by atoms with E-state index in [1.807, 2.05) is 6.07 Å². The maximum Gasteiger partial charge on any atom is 0.0655 e. The van der Waals surface area contributed by atoms with Crippen molar-refractivity contribution >= 4 is 40.5 Å². The summed E-state index contributed by atoms with van der Waals surface area (Å²) in [4.78, 5) is 2.42. The van der Waals surface area contributed by atoms with Crippen molar-refractivity contribution in [3.8, 4) is 0 Å². The number of rotatable bonds is 3. The molecule has 1 N–H and O–H groups in total. The van der Waals surface area contributed by atoms with Gasteiger partial charge in [0.15, 0.2) is 0 Å². The number of piperazine rings is 1. The van der Waals surface area contributed by atoms with E-state index in [4.69, 9.17) is 34.8 Å². The second-order valence-electron chi connectivity index (χ2n) is 6.48. The van der Waals surface area contributed by atoms with Crippen molar-refractivity contribution in [3.63, 3.8) is 0 Å². The Bertz CT molecular complexity index is 545. The average molecular weight is 348 g/mol. The Hall–Kier alpha value is -0.150. The van der Waals surface area contributed by atoms with Crippen LogP contribution < -0.4 is 10.2 Å². The molecule has 1 saturated carbocycles. The molecule has 0 bridgehead atoms. The van der Waals surface area contributed by atoms with Crippen molar-refractivity contribution in [2.75, 3.05) is 18.0 Å². The molecule has 1 aliphatic heterocycles. The van der Waals surface area contributed by atoms with Gasteiger partial charge in [0.25, 0.3) is 0 Å². The van der Waals surface area contributed by atoms with Gasteiger partial charge in [-0.3, -0.25) is 0 Å². The van der Waals surface area contributed by atoms with E-state index < -0.39 is 0 Å². The number of benzene rings is 1. The summed E-state index contributed by atoms with van der Waals surface area (Å²) in [5, 5.41) is 5.52. The number of hydrogen-bond acceptors (Lipinski definition) is 2. The molecule has 1 aromatic carbocycles. The lowest BCUT2D eigenvalue weighted by Gasteiger charge is -2.48. The Morgan fingerprint density at radius 3 is 2.48 bits per heavy atom. The summed E-state index contributed by atoms with van der Waals surface area (Å²) < 4.78 is 0. The largest absolute Gasteiger partial charge is 0.364 e. The minimum atomic E-state index is 0.168. The fourth-order valence-electron chi connectivity index (χ4n) is 3.37. The Morgan fingerprint density at radius 2 is 1.86 bits per heavy atom. The molecule has 0 spiro atoms. The van der Waals surface area contributed by atoms with Gasteiger partial charge < -0.3 is 10.2 Å². The second-order valence-corrected chi connectivity index (χ2v) is 7.70. The highest BCUT2D eigenvalue weighted by molar-refractivity contribution is 6.44. The maximum atomic E-state index is 6.44. The van der Waals surface area contributed by atoms with Crippen molar-refractivity contribution in [3.05, 3.63) is 27.2 Å². The summed E-state index contributed by atoms with van der Waals surface area (Å²) in [6.45, 7) is 6.49. The molecule has 0 aromatic heterocycles. The van der Waals surface area contributed by atoms with Gasteiger partial charge in [-0.2, -0.15) is 0 Å². The van der Waals surface area contributed by atoms with Crippen LogP contribution in [0.5, 0.6) is 0 Å². The first kappa shape index (κ1) is 15.7. The molecule has 2 atom stereocenters. The van der Waals surface area contributed by atoms with E-state index in [0.717, 1.165) is 31.1 Å². The van der Waals surface area contributed by atoms with Crippen LogP contribution in [0.2, 0.25) is 15.1 Å². The van der Waals surface area contributed by atoms with Crippen molar-refractivity contribution in [1.82, 2.24) is 5.32 Å². The second kappa shape index (κ2) is 5.81. The SMILES string of the molecule is CCC1CNC(C)(C2CC2)CN1c1cc(Cl)c(Cl)cc1Cl. The number of halogens is 3. The van der Waals surface area contributed by atoms with Gasteiger partial charge in [0, 0.05) is 24.7 Å². The summed E-state index contributed by atoms with van der Waals surface area (Å²) in [6.07, 6.45) is 3.72. The van der Waals surface area contributed by atoms with E-state index in [-0.39, 0.29) is 5.54 Å². The molecule has 116 valence electrons. The van der Waals surface area contributed by atoms with Gasteiger partial charge in [0.05, 0.1) is 20.8 Å². The first-order valence-electron chi connectivity index (χ1n) is 7.61. The highest BCUT2D eigenvalue weighted by atomic mass is 35.5. The zero-order valence-electron chi connectivity index (χ0n) is 12.4. The van der Waals surface area contributed by atoms with Crippen LogP contribution in [-0.2, 0) is 0 Å². The molecular weight excluding hydrogens is 327 g/mol. The predicted molar refractivity (Wildman–Crippen MR) is 92.0 cm³/mol. The molecule has 2 aliphatic rings. The fourth-order valence-corrected chi connectivity index (χ4v) is 4.02. The lowest BCUT2D eigenvalue weighted by molar-refractivity contribution is 0.252. The number of nitrogens with zero attached hydrogens (tertiary/aromatic N) is 1. The molecule has 1 saturated heterocycles. The Kier molecular flexibility index (Phi) is 4.35. The number of anilines is 1. The van der Waals surface area contributed by atoms with Crippen molar-refractivity contribution in [1.29, 1.82) is 0 Å². The van der Waals surface area contributed by atoms with Gasteiger partial charge in [0.2, 0.25) is 0 Å². The molecule has 1 aliphatic carbocycles. The van der Waals surface area contributed by atoms with Crippen LogP contribution in [0.3, 0.4) is 0 Å². The average Bonchev–Trinajstić information content (AvgIpc) is 3.28. The molecule has 0 amide bonds. The zero-order valence-corrected chi connectivity index (χ0v) is 14.7. The van der Waals surface area contributed by atoms with E-state index >= 15 is 0 Å². The van der Waals surface area contributed by atoms with E-state index in [2.05, 4.69) is 24.1 Å². The highest BCUT2D eigenvalue weighted by Gasteiger charge is 2.46. The third-order valence-corrected chi connectivity index (χ3v) is 5.95. The summed E-state index contributed by atoms with van der Waals surface area (Å²) in [5.41, 5.74) is 1.17. The first-order valence-corrected chi connectivity index (χ1v) is 8.74. The van der Waals surface area contributed by atoms with E-state index in [1.54, 1.807) is 6.07 Å². The van der Waals surface area contributed by atoms with Crippen LogP contribution in [0.25, 0.3) is 0 Å². The van der Waals surface area contributed by atoms with Gasteiger partial charge in [-0.1, -0.05) is 41.7 Å². The molecule has 2 nitrogen and oxygen atoms in total. The van der Waals surface area contributed by atoms with Crippen molar-refractivity contribution in [2.24, 2.45) is 5.92 Å². The van der Waals surface area contributed by atoms with E-state index in [0.29, 0.717) is 21.1 Å². The third-order valence-electron chi connectivity index (χ3n) is 4.93. The topological polar surface area (TPSA) is 15.3 Å². The highest BCUT2D eigenvalue weighted by Crippen LogP contribution is 2.44. The summed E-state index contributed by atoms with van der Waals surface area (Å²) in [7, 11) is 0. The van der Waals surface area contributed by atoms with Crippen LogP contribution in [0.4, 0.5) is 5.69 Å². The van der Waals surface area contributed by atoms with Crippen molar-refractivity contribution < 1.29 is 0 Å². The minimum absolute atomic E-state index is 0.168. The molecule has 2 unspecified atom stereocenters. The zero-order chi connectivity index (χ0) is 15.2. The molecule has 21 heavy (non-hydrogen) atoms. The summed E-state index contributed by atoms with van der Waals surface area (Å²) in [6, 6.07) is 4.10. The molecule has 3 rings (SSSR count). The molecule has 1 aromatic rings. The molecule has 1 heterocycles. The third kappa shape index (κ3) is 3.01. The normalized spacial score (nSPS) is 29.8. The van der Waals surface area contributed by atoms with Crippen LogP contribution in [0.1, 0.15) is 33.1 Å². The molecule has 5 heteroatoms. The van der Waals surface area contributed by atoms with Crippen LogP contribution >= 0.6 is 34.8 Å². The molecular formula is C16H21Cl3N2. The number of nitrogens with one attached hydrogen (secondary N) is 1. The monoisotopic (exact) mass is 346 g/mol. The van der Waals surface area contributed by atoms with Crippen LogP contribution in [-0.4, -0.2) is 24.7 Å². The summed E-state index contributed by atoms with van der Waals surface area (Å²) in [5.74, 6) is 0.777. The Balaban J connectivity index is 1.94. The maximum absolute atomic E-state index is 6.44. The Morgan fingerprint density at radius 1 is 1.19 bits per heavy atom. The standard InChI is InChI=1S/C16H21Cl3N2/c1-3-11-8-20-16(2,10-4-5-10)9-21(11)15-7-13(18)12(17)6-14(15)19/h6-7,10-11,20H,3-5,8-9H2,1-2H3. The lowest BCUT2D eigenvalue weighted by Crippen LogP contribution is -2.64. The summed E-state index contributed by atoms with van der Waals surface area (Å²) >= 11 is 18.7.